The molecule has 7 heteroatoms. The van der Waals surface area contributed by atoms with Crippen molar-refractivity contribution in [2.24, 2.45) is 5.92 Å². The van der Waals surface area contributed by atoms with E-state index in [-0.39, 0.29) is 24.9 Å². The fourth-order valence-electron chi connectivity index (χ4n) is 3.56. The van der Waals surface area contributed by atoms with Gasteiger partial charge in [0.1, 0.15) is 5.69 Å². The molecule has 27 heavy (non-hydrogen) atoms. The summed E-state index contributed by atoms with van der Waals surface area (Å²) < 4.78 is 0. The van der Waals surface area contributed by atoms with Crippen LogP contribution in [0.15, 0.2) is 18.2 Å². The predicted octanol–water partition coefficient (Wildman–Crippen LogP) is 2.18. The largest absolute Gasteiger partial charge is 0.481 e. The van der Waals surface area contributed by atoms with Gasteiger partial charge in [-0.1, -0.05) is 6.07 Å². The number of carbonyl (C=O) groups is 3. The van der Waals surface area contributed by atoms with Crippen LogP contribution in [-0.4, -0.2) is 64.4 Å². The predicted molar refractivity (Wildman–Crippen MR) is 102 cm³/mol. The van der Waals surface area contributed by atoms with Crippen molar-refractivity contribution in [3.05, 3.63) is 35.0 Å². The summed E-state index contributed by atoms with van der Waals surface area (Å²) in [7, 11) is 1.59. The van der Waals surface area contributed by atoms with E-state index in [9.17, 15) is 14.4 Å². The zero-order valence-electron chi connectivity index (χ0n) is 15.9. The van der Waals surface area contributed by atoms with Gasteiger partial charge in [-0.3, -0.25) is 14.4 Å². The van der Waals surface area contributed by atoms with Gasteiger partial charge in [-0.2, -0.15) is 0 Å². The summed E-state index contributed by atoms with van der Waals surface area (Å²) in [6.07, 6.45) is 1.25. The van der Waals surface area contributed by atoms with Crippen LogP contribution in [0.1, 0.15) is 34.5 Å². The number of likely N-dealkylation sites (N-methyl/N-ethyl adjacent to an activating group) is 1. The van der Waals surface area contributed by atoms with Crippen LogP contribution in [0.3, 0.4) is 0 Å². The standard InChI is InChI=1S/C20H25N3O4/c1-12-6-7-16-15(13(12)2)9-17(21-16)19(25)22(3)11-18(24)23-8-4-5-14(10-23)20(26)27/h6-7,9,14,21H,4-5,8,10-11H2,1-3H3,(H,26,27). The second-order valence-electron chi connectivity index (χ2n) is 7.33. The van der Waals surface area contributed by atoms with Crippen LogP contribution in [0.5, 0.6) is 0 Å². The summed E-state index contributed by atoms with van der Waals surface area (Å²) in [4.78, 5) is 42.5. The van der Waals surface area contributed by atoms with Crippen molar-refractivity contribution < 1.29 is 19.5 Å². The molecule has 144 valence electrons. The minimum Gasteiger partial charge on any atom is -0.481 e. The van der Waals surface area contributed by atoms with Gasteiger partial charge in [-0.05, 0) is 49.9 Å². The molecule has 1 aliphatic heterocycles. The van der Waals surface area contributed by atoms with E-state index in [0.717, 1.165) is 22.0 Å². The zero-order chi connectivity index (χ0) is 19.7. The van der Waals surface area contributed by atoms with Crippen molar-refractivity contribution in [1.82, 2.24) is 14.8 Å². The monoisotopic (exact) mass is 371 g/mol. The van der Waals surface area contributed by atoms with Crippen molar-refractivity contribution in [2.75, 3.05) is 26.7 Å². The lowest BCUT2D eigenvalue weighted by atomic mass is 9.98. The second kappa shape index (κ2) is 7.42. The van der Waals surface area contributed by atoms with Crippen LogP contribution >= 0.6 is 0 Å². The van der Waals surface area contributed by atoms with E-state index in [1.807, 2.05) is 32.0 Å². The summed E-state index contributed by atoms with van der Waals surface area (Å²) in [5, 5.41) is 10.2. The molecular formula is C20H25N3O4. The highest BCUT2D eigenvalue weighted by Gasteiger charge is 2.29. The number of aromatic amines is 1. The topological polar surface area (TPSA) is 93.7 Å². The van der Waals surface area contributed by atoms with Crippen LogP contribution in [0.25, 0.3) is 10.9 Å². The number of hydrogen-bond donors (Lipinski definition) is 2. The van der Waals surface area contributed by atoms with Crippen molar-refractivity contribution in [3.63, 3.8) is 0 Å². The average molecular weight is 371 g/mol. The Morgan fingerprint density at radius 2 is 2.04 bits per heavy atom. The van der Waals surface area contributed by atoms with Crippen LogP contribution < -0.4 is 0 Å². The number of piperidine rings is 1. The molecule has 2 heterocycles. The van der Waals surface area contributed by atoms with Gasteiger partial charge in [-0.15, -0.1) is 0 Å². The van der Waals surface area contributed by atoms with E-state index in [1.54, 1.807) is 11.9 Å². The number of nitrogens with zero attached hydrogens (tertiary/aromatic N) is 2. The molecule has 1 atom stereocenters. The smallest absolute Gasteiger partial charge is 0.308 e. The first kappa shape index (κ1) is 18.9. The first-order valence-electron chi connectivity index (χ1n) is 9.13. The SMILES string of the molecule is Cc1ccc2[nH]c(C(=O)N(C)CC(=O)N3CCCC(C(=O)O)C3)cc2c1C. The molecule has 2 aromatic rings. The fraction of sp³-hybridized carbons (Fsp3) is 0.450. The molecule has 0 aliphatic carbocycles. The van der Waals surface area contributed by atoms with Crippen LogP contribution in [0, 0.1) is 19.8 Å². The number of hydrogen-bond acceptors (Lipinski definition) is 3. The van der Waals surface area contributed by atoms with E-state index in [0.29, 0.717) is 25.1 Å². The summed E-state index contributed by atoms with van der Waals surface area (Å²) in [6.45, 7) is 4.72. The minimum absolute atomic E-state index is 0.0709. The van der Waals surface area contributed by atoms with Gasteiger partial charge in [0, 0.05) is 31.0 Å². The number of aliphatic carboxylic acids is 1. The first-order chi connectivity index (χ1) is 12.8. The van der Waals surface area contributed by atoms with Gasteiger partial charge in [0.05, 0.1) is 12.5 Å². The number of fused-ring (bicyclic) bond motifs is 1. The van der Waals surface area contributed by atoms with E-state index in [4.69, 9.17) is 5.11 Å². The third-order valence-corrected chi connectivity index (χ3v) is 5.42. The molecule has 0 saturated carbocycles. The number of amides is 2. The number of rotatable bonds is 4. The number of likely N-dealkylation sites (tertiary alicyclic amines) is 1. The quantitative estimate of drug-likeness (QED) is 0.861. The Labute approximate surface area is 157 Å². The highest BCUT2D eigenvalue weighted by atomic mass is 16.4. The zero-order valence-corrected chi connectivity index (χ0v) is 15.9. The second-order valence-corrected chi connectivity index (χ2v) is 7.33. The lowest BCUT2D eigenvalue weighted by Crippen LogP contribution is -2.46. The Morgan fingerprint density at radius 3 is 2.74 bits per heavy atom. The van der Waals surface area contributed by atoms with Crippen LogP contribution in [0.4, 0.5) is 0 Å². The Hall–Kier alpha value is -2.83. The molecule has 7 nitrogen and oxygen atoms in total. The molecule has 0 radical (unpaired) electrons. The summed E-state index contributed by atoms with van der Waals surface area (Å²) in [5.74, 6) is -1.88. The van der Waals surface area contributed by atoms with Gasteiger partial charge in [0.2, 0.25) is 5.91 Å². The maximum Gasteiger partial charge on any atom is 0.308 e. The maximum atomic E-state index is 12.7. The van der Waals surface area contributed by atoms with Crippen molar-refractivity contribution >= 4 is 28.7 Å². The van der Waals surface area contributed by atoms with Crippen molar-refractivity contribution in [3.8, 4) is 0 Å². The highest BCUT2D eigenvalue weighted by Crippen LogP contribution is 2.23. The number of aromatic nitrogens is 1. The molecule has 2 amide bonds. The van der Waals surface area contributed by atoms with E-state index in [1.165, 1.54) is 4.90 Å². The third kappa shape index (κ3) is 3.82. The Balaban J connectivity index is 1.69. The molecule has 1 saturated heterocycles. The van der Waals surface area contributed by atoms with E-state index < -0.39 is 11.9 Å². The van der Waals surface area contributed by atoms with Gasteiger partial charge in [-0.25, -0.2) is 0 Å². The Morgan fingerprint density at radius 1 is 1.30 bits per heavy atom. The highest BCUT2D eigenvalue weighted by molar-refractivity contribution is 6.00. The van der Waals surface area contributed by atoms with Crippen molar-refractivity contribution in [1.29, 1.82) is 0 Å². The summed E-state index contributed by atoms with van der Waals surface area (Å²) >= 11 is 0. The Kier molecular flexibility index (Phi) is 5.21. The summed E-state index contributed by atoms with van der Waals surface area (Å²) in [5.41, 5.74) is 3.61. The molecule has 1 unspecified atom stereocenters. The fourth-order valence-corrected chi connectivity index (χ4v) is 3.56. The number of benzene rings is 1. The normalized spacial score (nSPS) is 17.1. The van der Waals surface area contributed by atoms with Gasteiger partial charge < -0.3 is 19.9 Å². The number of carboxylic acids is 1. The van der Waals surface area contributed by atoms with Crippen LogP contribution in [-0.2, 0) is 9.59 Å². The van der Waals surface area contributed by atoms with Crippen molar-refractivity contribution in [2.45, 2.75) is 26.7 Å². The molecule has 1 aliphatic rings. The van der Waals surface area contributed by atoms with Crippen LogP contribution in [0.2, 0.25) is 0 Å². The minimum atomic E-state index is -0.874. The lowest BCUT2D eigenvalue weighted by Gasteiger charge is -2.31. The Bertz CT molecular complexity index is 902. The number of H-pyrrole nitrogens is 1. The van der Waals surface area contributed by atoms with E-state index in [2.05, 4.69) is 4.98 Å². The number of nitrogens with one attached hydrogen (secondary N) is 1. The number of carbonyl (C=O) groups excluding carboxylic acids is 2. The molecule has 0 spiro atoms. The number of aryl methyl sites for hydroxylation is 2. The average Bonchev–Trinajstić information content (AvgIpc) is 3.09. The van der Waals surface area contributed by atoms with Gasteiger partial charge in [0.25, 0.3) is 5.91 Å². The molecule has 2 N–H and O–H groups in total. The molecule has 0 bridgehead atoms. The third-order valence-electron chi connectivity index (χ3n) is 5.42. The lowest BCUT2D eigenvalue weighted by molar-refractivity contribution is -0.145. The van der Waals surface area contributed by atoms with Gasteiger partial charge >= 0.3 is 5.97 Å². The molecular weight excluding hydrogens is 346 g/mol. The van der Waals surface area contributed by atoms with Gasteiger partial charge in [0.15, 0.2) is 0 Å². The van der Waals surface area contributed by atoms with E-state index >= 15 is 0 Å². The molecule has 1 aromatic carbocycles. The molecule has 3 rings (SSSR count). The molecule has 1 aromatic heterocycles. The first-order valence-corrected chi connectivity index (χ1v) is 9.13. The maximum absolute atomic E-state index is 12.7. The summed E-state index contributed by atoms with van der Waals surface area (Å²) in [6, 6.07) is 5.77. The number of carboxylic acid groups (broad SMARTS) is 1. The molecule has 1 fully saturated rings.